The zero-order valence-electron chi connectivity index (χ0n) is 9.69. The highest BCUT2D eigenvalue weighted by Gasteiger charge is 2.06. The first-order valence-electron chi connectivity index (χ1n) is 4.84. The first-order chi connectivity index (χ1) is 7.15. The number of nitrogens with zero attached hydrogens (tertiary/aromatic N) is 3. The molecule has 1 heterocycles. The van der Waals surface area contributed by atoms with E-state index in [2.05, 4.69) is 16.6 Å². The van der Waals surface area contributed by atoms with Crippen LogP contribution in [0.15, 0.2) is 23.8 Å². The second kappa shape index (κ2) is 6.70. The molecule has 0 N–H and O–H groups in total. The summed E-state index contributed by atoms with van der Waals surface area (Å²) in [6, 6.07) is 0. The summed E-state index contributed by atoms with van der Waals surface area (Å²) in [5.41, 5.74) is 0.429. The lowest BCUT2D eigenvalue weighted by molar-refractivity contribution is 0.101. The summed E-state index contributed by atoms with van der Waals surface area (Å²) in [5.74, 6) is 0.445. The number of ketones is 1. The van der Waals surface area contributed by atoms with Crippen LogP contribution in [-0.4, -0.2) is 21.5 Å². The maximum atomic E-state index is 10.9. The smallest absolute Gasteiger partial charge is 0.229 e. The van der Waals surface area contributed by atoms with Gasteiger partial charge in [-0.15, -0.1) is 0 Å². The number of allylic oxidation sites excluding steroid dienone is 1. The predicted molar refractivity (Wildman–Crippen MR) is 62.9 cm³/mol. The van der Waals surface area contributed by atoms with Crippen molar-refractivity contribution in [1.82, 2.24) is 9.55 Å². The molecule has 0 aliphatic carbocycles. The average molecular weight is 207 g/mol. The van der Waals surface area contributed by atoms with Crippen molar-refractivity contribution in [2.45, 2.75) is 20.8 Å². The lowest BCUT2D eigenvalue weighted by atomic mass is 10.3. The molecular formula is C11H17N3O. The summed E-state index contributed by atoms with van der Waals surface area (Å²) in [6.07, 6.45) is 4.74. The van der Waals surface area contributed by atoms with Crippen molar-refractivity contribution in [3.05, 3.63) is 24.5 Å². The van der Waals surface area contributed by atoms with Gasteiger partial charge in [0.05, 0.1) is 0 Å². The van der Waals surface area contributed by atoms with Crippen LogP contribution in [0.5, 0.6) is 0 Å². The third kappa shape index (κ3) is 3.89. The van der Waals surface area contributed by atoms with Crippen molar-refractivity contribution in [3.8, 4) is 0 Å². The second-order valence-electron chi connectivity index (χ2n) is 2.61. The van der Waals surface area contributed by atoms with Crippen molar-refractivity contribution < 1.29 is 4.79 Å². The number of aryl methyl sites for hydroxylation is 1. The van der Waals surface area contributed by atoms with Gasteiger partial charge in [-0.05, 0) is 0 Å². The lowest BCUT2D eigenvalue weighted by Crippen LogP contribution is -1.90. The largest absolute Gasteiger partial charge is 0.318 e. The number of carbonyl (C=O) groups excluding carboxylic acids is 1. The molecule has 4 nitrogen and oxygen atoms in total. The SMILES string of the molecule is C=C/C=N\c1nc(C(C)=O)cn1C.CC. The van der Waals surface area contributed by atoms with Gasteiger partial charge in [0.15, 0.2) is 5.78 Å². The average Bonchev–Trinajstić information content (AvgIpc) is 2.60. The Morgan fingerprint density at radius 1 is 1.60 bits per heavy atom. The molecule has 0 aromatic carbocycles. The minimum absolute atomic E-state index is 0.0596. The van der Waals surface area contributed by atoms with Gasteiger partial charge >= 0.3 is 0 Å². The molecule has 0 bridgehead atoms. The van der Waals surface area contributed by atoms with E-state index < -0.39 is 0 Å². The van der Waals surface area contributed by atoms with E-state index >= 15 is 0 Å². The van der Waals surface area contributed by atoms with Crippen LogP contribution in [0.2, 0.25) is 0 Å². The van der Waals surface area contributed by atoms with Crippen molar-refractivity contribution >= 4 is 17.9 Å². The molecule has 82 valence electrons. The quantitative estimate of drug-likeness (QED) is 0.565. The Morgan fingerprint density at radius 2 is 2.20 bits per heavy atom. The molecular weight excluding hydrogens is 190 g/mol. The van der Waals surface area contributed by atoms with Gasteiger partial charge in [0.1, 0.15) is 5.69 Å². The first-order valence-corrected chi connectivity index (χ1v) is 4.84. The molecule has 0 fully saturated rings. The number of hydrogen-bond donors (Lipinski definition) is 0. The Kier molecular flexibility index (Phi) is 5.94. The number of rotatable bonds is 3. The Hall–Kier alpha value is -1.71. The molecule has 1 aromatic rings. The van der Waals surface area contributed by atoms with E-state index in [-0.39, 0.29) is 5.78 Å². The molecule has 0 saturated heterocycles. The molecule has 0 radical (unpaired) electrons. The van der Waals surface area contributed by atoms with Crippen LogP contribution >= 0.6 is 0 Å². The minimum Gasteiger partial charge on any atom is -0.318 e. The number of hydrogen-bond acceptors (Lipinski definition) is 3. The second-order valence-corrected chi connectivity index (χ2v) is 2.61. The fourth-order valence-electron chi connectivity index (χ4n) is 0.866. The van der Waals surface area contributed by atoms with Gasteiger partial charge in [-0.25, -0.2) is 9.98 Å². The third-order valence-corrected chi connectivity index (χ3v) is 1.51. The van der Waals surface area contributed by atoms with Gasteiger partial charge in [0.25, 0.3) is 0 Å². The van der Waals surface area contributed by atoms with Gasteiger partial charge in [-0.3, -0.25) is 4.79 Å². The summed E-state index contributed by atoms with van der Waals surface area (Å²) in [5, 5.41) is 0. The molecule has 0 amide bonds. The first kappa shape index (κ1) is 13.3. The number of aliphatic imine (C=N–C) groups is 1. The van der Waals surface area contributed by atoms with Crippen molar-refractivity contribution in [1.29, 1.82) is 0 Å². The summed E-state index contributed by atoms with van der Waals surface area (Å²) in [7, 11) is 1.79. The number of aromatic nitrogens is 2. The predicted octanol–water partition coefficient (Wildman–Crippen LogP) is 2.54. The van der Waals surface area contributed by atoms with Crippen LogP contribution in [0.4, 0.5) is 5.95 Å². The maximum Gasteiger partial charge on any atom is 0.229 e. The third-order valence-electron chi connectivity index (χ3n) is 1.51. The normalized spacial score (nSPS) is 9.60. The standard InChI is InChI=1S/C9H11N3O.C2H6/c1-4-5-10-9-11-8(7(2)13)6-12(9)3;1-2/h4-6H,1H2,2-3H3;1-2H3/b10-5-;. The molecule has 1 aromatic heterocycles. The number of carbonyl (C=O) groups is 1. The molecule has 0 aliphatic rings. The molecule has 0 saturated carbocycles. The summed E-state index contributed by atoms with van der Waals surface area (Å²) in [4.78, 5) is 18.9. The Morgan fingerprint density at radius 3 is 2.60 bits per heavy atom. The Labute approximate surface area is 90.4 Å². The van der Waals surface area contributed by atoms with Crippen LogP contribution < -0.4 is 0 Å². The highest BCUT2D eigenvalue weighted by atomic mass is 16.1. The van der Waals surface area contributed by atoms with Gasteiger partial charge in [-0.1, -0.05) is 26.5 Å². The topological polar surface area (TPSA) is 47.2 Å². The molecule has 15 heavy (non-hydrogen) atoms. The molecule has 0 aliphatic heterocycles. The summed E-state index contributed by atoms with van der Waals surface area (Å²) in [6.45, 7) is 8.97. The molecule has 0 atom stereocenters. The van der Waals surface area contributed by atoms with Crippen LogP contribution in [0, 0.1) is 0 Å². The van der Waals surface area contributed by atoms with Crippen molar-refractivity contribution in [2.24, 2.45) is 12.0 Å². The fourth-order valence-corrected chi connectivity index (χ4v) is 0.866. The van der Waals surface area contributed by atoms with Crippen LogP contribution in [-0.2, 0) is 7.05 Å². The highest BCUT2D eigenvalue weighted by Crippen LogP contribution is 2.09. The summed E-state index contributed by atoms with van der Waals surface area (Å²) < 4.78 is 1.69. The van der Waals surface area contributed by atoms with Crippen molar-refractivity contribution in [2.75, 3.05) is 0 Å². The van der Waals surface area contributed by atoms with Gasteiger partial charge in [0.2, 0.25) is 5.95 Å². The molecule has 0 spiro atoms. The van der Waals surface area contributed by atoms with Crippen LogP contribution in [0.25, 0.3) is 0 Å². The lowest BCUT2D eigenvalue weighted by Gasteiger charge is -1.89. The van der Waals surface area contributed by atoms with Crippen molar-refractivity contribution in [3.63, 3.8) is 0 Å². The van der Waals surface area contributed by atoms with E-state index in [1.165, 1.54) is 13.1 Å². The van der Waals surface area contributed by atoms with E-state index in [1.54, 1.807) is 23.9 Å². The maximum absolute atomic E-state index is 10.9. The van der Waals surface area contributed by atoms with E-state index in [9.17, 15) is 4.79 Å². The Balaban J connectivity index is 0.000000921. The minimum atomic E-state index is -0.0596. The summed E-state index contributed by atoms with van der Waals surface area (Å²) >= 11 is 0. The number of Topliss-reactive ketones (excluding diaryl/α,β-unsaturated/α-hetero) is 1. The van der Waals surface area contributed by atoms with Gasteiger partial charge in [0, 0.05) is 26.4 Å². The zero-order valence-corrected chi connectivity index (χ0v) is 9.69. The van der Waals surface area contributed by atoms with E-state index in [0.29, 0.717) is 11.6 Å². The number of imidazole rings is 1. The monoisotopic (exact) mass is 207 g/mol. The van der Waals surface area contributed by atoms with Gasteiger partial charge < -0.3 is 4.57 Å². The fraction of sp³-hybridized carbons (Fsp3) is 0.364. The highest BCUT2D eigenvalue weighted by molar-refractivity contribution is 5.92. The van der Waals surface area contributed by atoms with Crippen LogP contribution in [0.3, 0.4) is 0 Å². The Bertz CT molecular complexity index is 364. The van der Waals surface area contributed by atoms with E-state index in [0.717, 1.165) is 0 Å². The molecule has 1 rings (SSSR count). The zero-order chi connectivity index (χ0) is 11.8. The van der Waals surface area contributed by atoms with E-state index in [4.69, 9.17) is 0 Å². The van der Waals surface area contributed by atoms with Gasteiger partial charge in [-0.2, -0.15) is 0 Å². The van der Waals surface area contributed by atoms with Crippen LogP contribution in [0.1, 0.15) is 31.3 Å². The molecule has 0 unspecified atom stereocenters. The molecule has 4 heteroatoms. The van der Waals surface area contributed by atoms with E-state index in [1.807, 2.05) is 13.8 Å².